The SMILES string of the molecule is CCc1ccc(NC(=O)CO/N=C\c2ccccc2)cc1. The smallest absolute Gasteiger partial charge is 0.265 e. The van der Waals surface area contributed by atoms with Gasteiger partial charge in [0.05, 0.1) is 6.21 Å². The molecule has 0 saturated carbocycles. The predicted octanol–water partition coefficient (Wildman–Crippen LogP) is 3.24. The number of oxime groups is 1. The van der Waals surface area contributed by atoms with Gasteiger partial charge in [-0.2, -0.15) is 0 Å². The van der Waals surface area contributed by atoms with Gasteiger partial charge in [-0.1, -0.05) is 54.5 Å². The maximum absolute atomic E-state index is 11.7. The summed E-state index contributed by atoms with van der Waals surface area (Å²) in [7, 11) is 0. The van der Waals surface area contributed by atoms with Crippen LogP contribution >= 0.6 is 0 Å². The van der Waals surface area contributed by atoms with Gasteiger partial charge < -0.3 is 10.2 Å². The number of hydrogen-bond donors (Lipinski definition) is 1. The summed E-state index contributed by atoms with van der Waals surface area (Å²) >= 11 is 0. The second-order valence-electron chi connectivity index (χ2n) is 4.52. The summed E-state index contributed by atoms with van der Waals surface area (Å²) in [6.07, 6.45) is 2.55. The Bertz CT molecular complexity index is 592. The van der Waals surface area contributed by atoms with Crippen LogP contribution in [0.25, 0.3) is 0 Å². The molecule has 21 heavy (non-hydrogen) atoms. The standard InChI is InChI=1S/C17H18N2O2/c1-2-14-8-10-16(11-9-14)19-17(20)13-21-18-12-15-6-4-3-5-7-15/h3-12H,2,13H2,1H3,(H,19,20)/b18-12-. The number of rotatable bonds is 6. The topological polar surface area (TPSA) is 50.7 Å². The minimum absolute atomic E-state index is 0.112. The molecule has 0 bridgehead atoms. The van der Waals surface area contributed by atoms with Gasteiger partial charge >= 0.3 is 0 Å². The highest BCUT2D eigenvalue weighted by molar-refractivity contribution is 5.91. The molecular formula is C17H18N2O2. The zero-order valence-electron chi connectivity index (χ0n) is 12.0. The van der Waals surface area contributed by atoms with Crippen LogP contribution < -0.4 is 5.32 Å². The van der Waals surface area contributed by atoms with Crippen molar-refractivity contribution in [3.8, 4) is 0 Å². The number of anilines is 1. The molecule has 0 aliphatic rings. The quantitative estimate of drug-likeness (QED) is 0.653. The van der Waals surface area contributed by atoms with E-state index >= 15 is 0 Å². The lowest BCUT2D eigenvalue weighted by molar-refractivity contribution is -0.120. The highest BCUT2D eigenvalue weighted by Crippen LogP contribution is 2.09. The fraction of sp³-hybridized carbons (Fsp3) is 0.176. The first-order valence-electron chi connectivity index (χ1n) is 6.87. The normalized spacial score (nSPS) is 10.5. The summed E-state index contributed by atoms with van der Waals surface area (Å²) in [5.41, 5.74) is 2.91. The third-order valence-electron chi connectivity index (χ3n) is 2.92. The molecule has 0 heterocycles. The summed E-state index contributed by atoms with van der Waals surface area (Å²) < 4.78 is 0. The number of aryl methyl sites for hydroxylation is 1. The number of hydrogen-bond acceptors (Lipinski definition) is 3. The van der Waals surface area contributed by atoms with Gasteiger partial charge in [-0.15, -0.1) is 0 Å². The largest absolute Gasteiger partial charge is 0.386 e. The van der Waals surface area contributed by atoms with E-state index in [1.165, 1.54) is 5.56 Å². The summed E-state index contributed by atoms with van der Waals surface area (Å²) in [4.78, 5) is 16.6. The molecule has 108 valence electrons. The van der Waals surface area contributed by atoms with Crippen LogP contribution in [0.5, 0.6) is 0 Å². The van der Waals surface area contributed by atoms with Crippen molar-refractivity contribution in [1.29, 1.82) is 0 Å². The summed E-state index contributed by atoms with van der Waals surface area (Å²) in [5, 5.41) is 6.52. The van der Waals surface area contributed by atoms with Gasteiger partial charge in [-0.3, -0.25) is 4.79 Å². The summed E-state index contributed by atoms with van der Waals surface area (Å²) in [5.74, 6) is -0.232. The third-order valence-corrected chi connectivity index (χ3v) is 2.92. The molecule has 4 heteroatoms. The van der Waals surface area contributed by atoms with Crippen LogP contribution in [0.15, 0.2) is 59.8 Å². The number of amides is 1. The van der Waals surface area contributed by atoms with E-state index in [-0.39, 0.29) is 12.5 Å². The van der Waals surface area contributed by atoms with E-state index in [0.29, 0.717) is 0 Å². The molecule has 0 aromatic heterocycles. The van der Waals surface area contributed by atoms with E-state index in [1.807, 2.05) is 54.6 Å². The van der Waals surface area contributed by atoms with Crippen molar-refractivity contribution < 1.29 is 9.63 Å². The highest BCUT2D eigenvalue weighted by atomic mass is 16.6. The van der Waals surface area contributed by atoms with Crippen LogP contribution in [-0.4, -0.2) is 18.7 Å². The first-order chi connectivity index (χ1) is 10.3. The Morgan fingerprint density at radius 2 is 1.86 bits per heavy atom. The van der Waals surface area contributed by atoms with Crippen LogP contribution in [0.1, 0.15) is 18.1 Å². The average molecular weight is 282 g/mol. The first-order valence-corrected chi connectivity index (χ1v) is 6.87. The van der Waals surface area contributed by atoms with E-state index < -0.39 is 0 Å². The van der Waals surface area contributed by atoms with Crippen molar-refractivity contribution in [3.63, 3.8) is 0 Å². The minimum atomic E-state index is -0.232. The van der Waals surface area contributed by atoms with Gasteiger partial charge in [-0.25, -0.2) is 0 Å². The number of benzene rings is 2. The van der Waals surface area contributed by atoms with Gasteiger partial charge in [0.15, 0.2) is 6.61 Å². The second-order valence-corrected chi connectivity index (χ2v) is 4.52. The molecule has 4 nitrogen and oxygen atoms in total. The zero-order valence-corrected chi connectivity index (χ0v) is 12.0. The molecule has 2 rings (SSSR count). The number of carbonyl (C=O) groups excluding carboxylic acids is 1. The summed E-state index contributed by atoms with van der Waals surface area (Å²) in [6.45, 7) is 1.98. The molecule has 2 aromatic carbocycles. The first kappa shape index (κ1) is 14.8. The van der Waals surface area contributed by atoms with E-state index in [0.717, 1.165) is 17.7 Å². The number of nitrogens with one attached hydrogen (secondary N) is 1. The van der Waals surface area contributed by atoms with Gasteiger partial charge in [-0.05, 0) is 29.7 Å². The Labute approximate surface area is 124 Å². The van der Waals surface area contributed by atoms with Crippen molar-refractivity contribution in [2.45, 2.75) is 13.3 Å². The predicted molar refractivity (Wildman–Crippen MR) is 84.4 cm³/mol. The van der Waals surface area contributed by atoms with Crippen molar-refractivity contribution in [2.24, 2.45) is 5.16 Å². The maximum atomic E-state index is 11.7. The van der Waals surface area contributed by atoms with Crippen LogP contribution in [0.4, 0.5) is 5.69 Å². The summed E-state index contributed by atoms with van der Waals surface area (Å²) in [6, 6.07) is 17.3. The number of carbonyl (C=O) groups is 1. The van der Waals surface area contributed by atoms with E-state index in [9.17, 15) is 4.79 Å². The minimum Gasteiger partial charge on any atom is -0.386 e. The highest BCUT2D eigenvalue weighted by Gasteiger charge is 2.02. The maximum Gasteiger partial charge on any atom is 0.265 e. The van der Waals surface area contributed by atoms with Gasteiger partial charge in [0.1, 0.15) is 0 Å². The van der Waals surface area contributed by atoms with E-state index in [4.69, 9.17) is 4.84 Å². The molecule has 1 amide bonds. The zero-order chi connectivity index (χ0) is 14.9. The Morgan fingerprint density at radius 1 is 1.14 bits per heavy atom. The van der Waals surface area contributed by atoms with Crippen LogP contribution in [0.3, 0.4) is 0 Å². The molecule has 0 aliphatic carbocycles. The van der Waals surface area contributed by atoms with Crippen molar-refractivity contribution in [3.05, 3.63) is 65.7 Å². The van der Waals surface area contributed by atoms with Crippen LogP contribution in [-0.2, 0) is 16.1 Å². The third kappa shape index (κ3) is 5.10. The fourth-order valence-electron chi connectivity index (χ4n) is 1.75. The molecule has 2 aromatic rings. The van der Waals surface area contributed by atoms with Crippen LogP contribution in [0, 0.1) is 0 Å². The van der Waals surface area contributed by atoms with Crippen LogP contribution in [0.2, 0.25) is 0 Å². The lowest BCUT2D eigenvalue weighted by Crippen LogP contribution is -2.16. The second kappa shape index (κ2) is 7.85. The van der Waals surface area contributed by atoms with Crippen molar-refractivity contribution in [1.82, 2.24) is 0 Å². The molecule has 0 atom stereocenters. The van der Waals surface area contributed by atoms with Gasteiger partial charge in [0.2, 0.25) is 0 Å². The molecule has 0 fully saturated rings. The fourth-order valence-corrected chi connectivity index (χ4v) is 1.75. The lowest BCUT2D eigenvalue weighted by atomic mass is 10.1. The molecule has 0 unspecified atom stereocenters. The van der Waals surface area contributed by atoms with E-state index in [2.05, 4.69) is 17.4 Å². The lowest BCUT2D eigenvalue weighted by Gasteiger charge is -2.05. The molecule has 0 spiro atoms. The Hall–Kier alpha value is -2.62. The Balaban J connectivity index is 1.75. The molecular weight excluding hydrogens is 264 g/mol. The van der Waals surface area contributed by atoms with Crippen molar-refractivity contribution in [2.75, 3.05) is 11.9 Å². The van der Waals surface area contributed by atoms with Gasteiger partial charge in [0, 0.05) is 5.69 Å². The molecule has 0 aliphatic heterocycles. The molecule has 0 radical (unpaired) electrons. The number of nitrogens with zero attached hydrogens (tertiary/aromatic N) is 1. The Kier molecular flexibility index (Phi) is 5.52. The molecule has 1 N–H and O–H groups in total. The Morgan fingerprint density at radius 3 is 2.52 bits per heavy atom. The molecule has 0 saturated heterocycles. The average Bonchev–Trinajstić information content (AvgIpc) is 2.53. The van der Waals surface area contributed by atoms with Gasteiger partial charge in [0.25, 0.3) is 5.91 Å². The monoisotopic (exact) mass is 282 g/mol. The van der Waals surface area contributed by atoms with Crippen molar-refractivity contribution >= 4 is 17.8 Å². The van der Waals surface area contributed by atoms with E-state index in [1.54, 1.807) is 6.21 Å².